The summed E-state index contributed by atoms with van der Waals surface area (Å²) < 4.78 is 5.42. The first-order valence-electron chi connectivity index (χ1n) is 6.76. The molecular weight excluding hydrogens is 274 g/mol. The fourth-order valence-corrected chi connectivity index (χ4v) is 3.26. The van der Waals surface area contributed by atoms with Gasteiger partial charge in [-0.25, -0.2) is 0 Å². The first-order chi connectivity index (χ1) is 9.33. The van der Waals surface area contributed by atoms with Crippen molar-refractivity contribution < 1.29 is 9.53 Å². The Morgan fingerprint density at radius 2 is 2.00 bits per heavy atom. The molecular formula is C14H25N3O2S. The zero-order chi connectivity index (χ0) is 15.4. The van der Waals surface area contributed by atoms with Crippen molar-refractivity contribution >= 4 is 27.9 Å². The molecule has 1 aromatic heterocycles. The van der Waals surface area contributed by atoms with Gasteiger partial charge in [0.1, 0.15) is 15.6 Å². The summed E-state index contributed by atoms with van der Waals surface area (Å²) in [5, 5.41) is 0.936. The number of methoxy groups -OCH3 is 1. The van der Waals surface area contributed by atoms with Gasteiger partial charge in [0.05, 0.1) is 7.11 Å². The Morgan fingerprint density at radius 3 is 2.40 bits per heavy atom. The zero-order valence-electron chi connectivity index (χ0n) is 13.2. The Kier molecular flexibility index (Phi) is 5.68. The summed E-state index contributed by atoms with van der Waals surface area (Å²) in [7, 11) is 5.04. The fourth-order valence-electron chi connectivity index (χ4n) is 1.98. The lowest BCUT2D eigenvalue weighted by Crippen LogP contribution is -2.26. The number of hydrogen-bond donors (Lipinski definition) is 1. The number of rotatable bonds is 6. The van der Waals surface area contributed by atoms with Crippen molar-refractivity contribution in [3.05, 3.63) is 4.88 Å². The van der Waals surface area contributed by atoms with E-state index >= 15 is 0 Å². The number of anilines is 2. The summed E-state index contributed by atoms with van der Waals surface area (Å²) >= 11 is 1.41. The predicted octanol–water partition coefficient (Wildman–Crippen LogP) is 2.52. The molecule has 0 aliphatic rings. The van der Waals surface area contributed by atoms with Crippen molar-refractivity contribution in [3.8, 4) is 5.75 Å². The van der Waals surface area contributed by atoms with E-state index in [0.717, 1.165) is 18.1 Å². The van der Waals surface area contributed by atoms with E-state index in [1.54, 1.807) is 21.2 Å². The summed E-state index contributed by atoms with van der Waals surface area (Å²) in [6, 6.07) is 0. The minimum absolute atomic E-state index is 0.0855. The van der Waals surface area contributed by atoms with E-state index in [0.29, 0.717) is 22.2 Å². The van der Waals surface area contributed by atoms with Crippen LogP contribution in [0.5, 0.6) is 5.75 Å². The molecule has 2 N–H and O–H groups in total. The van der Waals surface area contributed by atoms with Crippen molar-refractivity contribution in [2.24, 2.45) is 5.92 Å². The van der Waals surface area contributed by atoms with Crippen LogP contribution in [0.1, 0.15) is 30.4 Å². The lowest BCUT2D eigenvalue weighted by molar-refractivity contribution is 0.0833. The van der Waals surface area contributed by atoms with Crippen LogP contribution in [0.3, 0.4) is 0 Å². The minimum atomic E-state index is -0.0855. The first kappa shape index (κ1) is 16.6. The molecule has 1 rings (SSSR count). The molecule has 1 heterocycles. The van der Waals surface area contributed by atoms with Gasteiger partial charge >= 0.3 is 0 Å². The quantitative estimate of drug-likeness (QED) is 0.877. The molecule has 0 atom stereocenters. The van der Waals surface area contributed by atoms with Gasteiger partial charge in [0.15, 0.2) is 5.75 Å². The van der Waals surface area contributed by atoms with Gasteiger partial charge in [-0.15, -0.1) is 11.3 Å². The van der Waals surface area contributed by atoms with Crippen molar-refractivity contribution in [2.45, 2.75) is 20.8 Å². The highest BCUT2D eigenvalue weighted by Gasteiger charge is 2.25. The highest BCUT2D eigenvalue weighted by molar-refractivity contribution is 7.19. The largest absolute Gasteiger partial charge is 0.492 e. The van der Waals surface area contributed by atoms with Crippen LogP contribution < -0.4 is 15.4 Å². The third kappa shape index (κ3) is 3.36. The van der Waals surface area contributed by atoms with Gasteiger partial charge in [-0.2, -0.15) is 0 Å². The Bertz CT molecular complexity index is 469. The van der Waals surface area contributed by atoms with Crippen LogP contribution in [0.4, 0.5) is 10.7 Å². The maximum Gasteiger partial charge on any atom is 0.265 e. The van der Waals surface area contributed by atoms with Gasteiger partial charge in [0.25, 0.3) is 5.91 Å². The normalized spacial score (nSPS) is 10.8. The van der Waals surface area contributed by atoms with Crippen LogP contribution in [0.15, 0.2) is 0 Å². The molecule has 20 heavy (non-hydrogen) atoms. The van der Waals surface area contributed by atoms with Crippen molar-refractivity contribution in [1.29, 1.82) is 0 Å². The Labute approximate surface area is 125 Å². The van der Waals surface area contributed by atoms with Gasteiger partial charge in [-0.3, -0.25) is 4.79 Å². The summed E-state index contributed by atoms with van der Waals surface area (Å²) in [6.07, 6.45) is 0. The zero-order valence-corrected chi connectivity index (χ0v) is 14.0. The number of thiophene rings is 1. The highest BCUT2D eigenvalue weighted by atomic mass is 32.1. The molecule has 114 valence electrons. The molecule has 5 nitrogen and oxygen atoms in total. The molecule has 0 radical (unpaired) electrons. The molecule has 0 aliphatic heterocycles. The minimum Gasteiger partial charge on any atom is -0.492 e. The lowest BCUT2D eigenvalue weighted by Gasteiger charge is -2.24. The first-order valence-corrected chi connectivity index (χ1v) is 7.57. The Morgan fingerprint density at radius 1 is 1.40 bits per heavy atom. The molecule has 0 bridgehead atoms. The Hall–Kier alpha value is -1.43. The highest BCUT2D eigenvalue weighted by Crippen LogP contribution is 2.45. The van der Waals surface area contributed by atoms with Crippen LogP contribution in [0.2, 0.25) is 0 Å². The molecule has 0 fully saturated rings. The van der Waals surface area contributed by atoms with Crippen molar-refractivity contribution in [1.82, 2.24) is 4.90 Å². The molecule has 0 saturated heterocycles. The molecule has 1 amide bonds. The second kappa shape index (κ2) is 6.83. The average molecular weight is 299 g/mol. The third-order valence-electron chi connectivity index (χ3n) is 2.94. The second-order valence-electron chi connectivity index (χ2n) is 5.32. The molecule has 6 heteroatoms. The van der Waals surface area contributed by atoms with Gasteiger partial charge in [0.2, 0.25) is 0 Å². The number of ether oxygens (including phenoxy) is 1. The van der Waals surface area contributed by atoms with Crippen LogP contribution >= 0.6 is 11.3 Å². The summed E-state index contributed by atoms with van der Waals surface area (Å²) in [4.78, 5) is 16.4. The summed E-state index contributed by atoms with van der Waals surface area (Å²) in [5.41, 5.74) is 6.53. The number of hydrogen-bond acceptors (Lipinski definition) is 5. The molecule has 0 unspecified atom stereocenters. The molecule has 0 aromatic carbocycles. The smallest absolute Gasteiger partial charge is 0.265 e. The van der Waals surface area contributed by atoms with Gasteiger partial charge in [-0.05, 0) is 12.8 Å². The van der Waals surface area contributed by atoms with Gasteiger partial charge in [0, 0.05) is 27.2 Å². The van der Waals surface area contributed by atoms with E-state index in [-0.39, 0.29) is 5.91 Å². The number of nitrogens with zero attached hydrogens (tertiary/aromatic N) is 2. The maximum absolute atomic E-state index is 12.2. The maximum atomic E-state index is 12.2. The average Bonchev–Trinajstić information content (AvgIpc) is 2.71. The van der Waals surface area contributed by atoms with Gasteiger partial charge in [-0.1, -0.05) is 13.8 Å². The van der Waals surface area contributed by atoms with Gasteiger partial charge < -0.3 is 20.3 Å². The van der Waals surface area contributed by atoms with E-state index in [2.05, 4.69) is 25.7 Å². The van der Waals surface area contributed by atoms with E-state index in [1.807, 2.05) is 0 Å². The Balaban J connectivity index is 3.25. The summed E-state index contributed by atoms with van der Waals surface area (Å²) in [6.45, 7) is 8.17. The molecule has 1 aromatic rings. The topological polar surface area (TPSA) is 58.8 Å². The van der Waals surface area contributed by atoms with Crippen molar-refractivity contribution in [2.75, 3.05) is 44.9 Å². The number of nitrogen functional groups attached to an aromatic ring is 1. The van der Waals surface area contributed by atoms with E-state index in [9.17, 15) is 4.79 Å². The van der Waals surface area contributed by atoms with Crippen molar-refractivity contribution in [3.63, 3.8) is 0 Å². The number of carbonyl (C=O) groups excluding carboxylic acids is 1. The monoisotopic (exact) mass is 299 g/mol. The molecule has 0 saturated carbocycles. The summed E-state index contributed by atoms with van der Waals surface area (Å²) in [5.74, 6) is 1.05. The van der Waals surface area contributed by atoms with Crippen LogP contribution in [0.25, 0.3) is 0 Å². The molecule has 0 spiro atoms. The van der Waals surface area contributed by atoms with Crippen LogP contribution in [0, 0.1) is 5.92 Å². The molecule has 0 aliphatic carbocycles. The third-order valence-corrected chi connectivity index (χ3v) is 4.18. The fraction of sp³-hybridized carbons (Fsp3) is 0.643. The standard InChI is InChI=1S/C14H25N3O2S/c1-7-17(8-9(2)3)14-11(19-6)10(15)12(20-14)13(18)16(4)5/h9H,7-8,15H2,1-6H3. The number of carbonyl (C=O) groups is 1. The van der Waals surface area contributed by atoms with E-state index in [1.165, 1.54) is 16.2 Å². The van der Waals surface area contributed by atoms with Crippen LogP contribution in [-0.4, -0.2) is 45.1 Å². The number of amides is 1. The SMILES string of the molecule is CCN(CC(C)C)c1sc(C(=O)N(C)C)c(N)c1OC. The number of nitrogens with two attached hydrogens (primary N) is 1. The van der Waals surface area contributed by atoms with E-state index in [4.69, 9.17) is 10.5 Å². The van der Waals surface area contributed by atoms with Crippen LogP contribution in [-0.2, 0) is 0 Å². The van der Waals surface area contributed by atoms with E-state index < -0.39 is 0 Å². The lowest BCUT2D eigenvalue weighted by atomic mass is 10.2. The predicted molar refractivity (Wildman–Crippen MR) is 86.0 cm³/mol. The second-order valence-corrected chi connectivity index (χ2v) is 6.31.